The molecule has 0 unspecified atom stereocenters. The lowest BCUT2D eigenvalue weighted by atomic mass is 10.1. The molecule has 0 saturated carbocycles. The van der Waals surface area contributed by atoms with Gasteiger partial charge in [-0.2, -0.15) is 0 Å². The van der Waals surface area contributed by atoms with Crippen LogP contribution in [0.15, 0.2) is 83.9 Å². The largest absolute Gasteiger partial charge is 0.336 e. The van der Waals surface area contributed by atoms with Gasteiger partial charge in [0.25, 0.3) is 5.91 Å². The van der Waals surface area contributed by atoms with Crippen LogP contribution in [0.3, 0.4) is 0 Å². The van der Waals surface area contributed by atoms with Crippen molar-refractivity contribution in [3.8, 4) is 0 Å². The molecule has 1 aliphatic heterocycles. The van der Waals surface area contributed by atoms with Gasteiger partial charge in [0.2, 0.25) is 0 Å². The van der Waals surface area contributed by atoms with Gasteiger partial charge in [0.05, 0.1) is 26.2 Å². The number of hydrogen-bond donors (Lipinski definition) is 0. The van der Waals surface area contributed by atoms with Gasteiger partial charge in [0.15, 0.2) is 9.84 Å². The number of carbonyl (C=O) groups is 1. The molecule has 6 nitrogen and oxygen atoms in total. The molecule has 4 aromatic rings. The smallest absolute Gasteiger partial charge is 0.253 e. The van der Waals surface area contributed by atoms with Crippen molar-refractivity contribution in [1.82, 2.24) is 14.8 Å². The Balaban J connectivity index is 1.22. The highest BCUT2D eigenvalue weighted by Gasteiger charge is 2.24. The third-order valence-electron chi connectivity index (χ3n) is 6.57. The van der Waals surface area contributed by atoms with E-state index in [-0.39, 0.29) is 16.6 Å². The summed E-state index contributed by atoms with van der Waals surface area (Å²) in [5.74, 6) is -0.227. The minimum absolute atomic E-state index is 0.0619. The number of fused-ring (bicyclic) bond motifs is 1. The molecule has 9 heteroatoms. The van der Waals surface area contributed by atoms with Crippen molar-refractivity contribution in [3.05, 3.63) is 106 Å². The molecular weight excluding hydrogens is 529 g/mol. The fraction of sp³-hybridized carbons (Fsp3) is 0.214. The molecule has 3 aromatic carbocycles. The van der Waals surface area contributed by atoms with E-state index in [1.54, 1.807) is 54.7 Å². The van der Waals surface area contributed by atoms with Gasteiger partial charge in [-0.15, -0.1) is 0 Å². The lowest BCUT2D eigenvalue weighted by molar-refractivity contribution is 0.0628. The zero-order valence-electron chi connectivity index (χ0n) is 20.0. The average molecular weight is 554 g/mol. The maximum Gasteiger partial charge on any atom is 0.253 e. The van der Waals surface area contributed by atoms with Crippen LogP contribution in [0, 0.1) is 0 Å². The standard InChI is InChI=1S/C28H25Cl2N3O3S/c29-24-7-1-5-23(26(24)30)18-32-14-16-33(17-15-32)28(34)22-11-9-20(10-12-22)19-37(35,36)25-8-2-4-21-6-3-13-31-27(21)25/h1-13H,14-19H2. The predicted molar refractivity (Wildman–Crippen MR) is 147 cm³/mol. The van der Waals surface area contributed by atoms with E-state index in [0.717, 1.165) is 24.0 Å². The Labute approximate surface area is 226 Å². The number of aromatic nitrogens is 1. The van der Waals surface area contributed by atoms with Crippen LogP contribution in [0.25, 0.3) is 10.9 Å². The molecule has 2 heterocycles. The Hall–Kier alpha value is -2.97. The molecule has 0 atom stereocenters. The van der Waals surface area contributed by atoms with Gasteiger partial charge in [-0.05, 0) is 41.5 Å². The highest BCUT2D eigenvalue weighted by atomic mass is 35.5. The lowest BCUT2D eigenvalue weighted by Gasteiger charge is -2.35. The van der Waals surface area contributed by atoms with Gasteiger partial charge in [-0.25, -0.2) is 8.42 Å². The molecule has 0 aliphatic carbocycles. The summed E-state index contributed by atoms with van der Waals surface area (Å²) in [6.45, 7) is 3.33. The normalized spacial score (nSPS) is 14.7. The van der Waals surface area contributed by atoms with Crippen LogP contribution >= 0.6 is 23.2 Å². The first-order chi connectivity index (χ1) is 17.8. The monoisotopic (exact) mass is 553 g/mol. The number of amides is 1. The van der Waals surface area contributed by atoms with Crippen molar-refractivity contribution in [3.63, 3.8) is 0 Å². The number of sulfone groups is 1. The Bertz CT molecular complexity index is 1550. The summed E-state index contributed by atoms with van der Waals surface area (Å²) in [7, 11) is -3.61. The van der Waals surface area contributed by atoms with Crippen LogP contribution in [-0.4, -0.2) is 55.3 Å². The number of piperazine rings is 1. The van der Waals surface area contributed by atoms with Crippen LogP contribution in [0.1, 0.15) is 21.5 Å². The third-order valence-corrected chi connectivity index (χ3v) is 9.14. The van der Waals surface area contributed by atoms with E-state index >= 15 is 0 Å². The van der Waals surface area contributed by atoms with Crippen LogP contribution in [0.2, 0.25) is 10.0 Å². The Morgan fingerprint density at radius 2 is 1.57 bits per heavy atom. The molecule has 37 heavy (non-hydrogen) atoms. The molecule has 1 fully saturated rings. The van der Waals surface area contributed by atoms with E-state index in [2.05, 4.69) is 9.88 Å². The van der Waals surface area contributed by atoms with Crippen LogP contribution in [0.5, 0.6) is 0 Å². The first kappa shape index (κ1) is 25.7. The quantitative estimate of drug-likeness (QED) is 0.316. The van der Waals surface area contributed by atoms with E-state index in [0.29, 0.717) is 46.3 Å². The summed E-state index contributed by atoms with van der Waals surface area (Å²) in [5.41, 5.74) is 2.60. The summed E-state index contributed by atoms with van der Waals surface area (Å²) < 4.78 is 26.3. The maximum absolute atomic E-state index is 13.1. The third kappa shape index (κ3) is 5.65. The molecule has 1 aliphatic rings. The molecule has 5 rings (SSSR count). The van der Waals surface area contributed by atoms with Gasteiger partial charge in [-0.1, -0.05) is 65.7 Å². The first-order valence-corrected chi connectivity index (χ1v) is 14.3. The van der Waals surface area contributed by atoms with Crippen LogP contribution in [-0.2, 0) is 22.1 Å². The van der Waals surface area contributed by atoms with E-state index in [9.17, 15) is 13.2 Å². The number of hydrogen-bond acceptors (Lipinski definition) is 5. The van der Waals surface area contributed by atoms with Crippen molar-refractivity contribution >= 4 is 49.8 Å². The fourth-order valence-corrected chi connectivity index (χ4v) is 6.49. The van der Waals surface area contributed by atoms with Gasteiger partial charge >= 0.3 is 0 Å². The maximum atomic E-state index is 13.1. The molecule has 0 spiro atoms. The molecular formula is C28H25Cl2N3O3S. The summed E-state index contributed by atoms with van der Waals surface area (Å²) >= 11 is 12.4. The van der Waals surface area contributed by atoms with E-state index in [1.165, 1.54) is 0 Å². The number of para-hydroxylation sites is 1. The summed E-state index contributed by atoms with van der Waals surface area (Å²) in [5, 5.41) is 1.89. The number of nitrogens with zero attached hydrogens (tertiary/aromatic N) is 3. The zero-order valence-corrected chi connectivity index (χ0v) is 22.3. The second-order valence-corrected chi connectivity index (χ2v) is 11.8. The molecule has 190 valence electrons. The summed E-state index contributed by atoms with van der Waals surface area (Å²) in [4.78, 5) is 21.6. The molecule has 1 amide bonds. The second-order valence-electron chi connectivity index (χ2n) is 9.07. The Morgan fingerprint density at radius 1 is 0.865 bits per heavy atom. The zero-order chi connectivity index (χ0) is 26.0. The highest BCUT2D eigenvalue weighted by molar-refractivity contribution is 7.90. The van der Waals surface area contributed by atoms with Crippen molar-refractivity contribution in [2.24, 2.45) is 0 Å². The first-order valence-electron chi connectivity index (χ1n) is 11.9. The van der Waals surface area contributed by atoms with Gasteiger partial charge in [0.1, 0.15) is 0 Å². The SMILES string of the molecule is O=C(c1ccc(CS(=O)(=O)c2cccc3cccnc23)cc1)N1CCN(Cc2cccc(Cl)c2Cl)CC1. The Morgan fingerprint density at radius 3 is 2.32 bits per heavy atom. The number of carbonyl (C=O) groups excluding carboxylic acids is 1. The second kappa shape index (κ2) is 10.8. The number of benzene rings is 3. The van der Waals surface area contributed by atoms with Gasteiger partial charge in [-0.3, -0.25) is 14.7 Å². The minimum Gasteiger partial charge on any atom is -0.336 e. The lowest BCUT2D eigenvalue weighted by Crippen LogP contribution is -2.48. The fourth-order valence-electron chi connectivity index (χ4n) is 4.57. The summed E-state index contributed by atoms with van der Waals surface area (Å²) in [6.07, 6.45) is 1.59. The van der Waals surface area contributed by atoms with Gasteiger partial charge in [0, 0.05) is 49.9 Å². The average Bonchev–Trinajstić information content (AvgIpc) is 2.91. The number of pyridine rings is 1. The van der Waals surface area contributed by atoms with Crippen LogP contribution < -0.4 is 0 Å². The molecule has 1 saturated heterocycles. The summed E-state index contributed by atoms with van der Waals surface area (Å²) in [6, 6.07) is 21.2. The number of halogens is 2. The van der Waals surface area contributed by atoms with Crippen LogP contribution in [0.4, 0.5) is 0 Å². The number of rotatable bonds is 6. The molecule has 0 N–H and O–H groups in total. The molecule has 0 bridgehead atoms. The topological polar surface area (TPSA) is 70.6 Å². The highest BCUT2D eigenvalue weighted by Crippen LogP contribution is 2.27. The predicted octanol–water partition coefficient (Wildman–Crippen LogP) is 5.47. The molecule has 0 radical (unpaired) electrons. The van der Waals surface area contributed by atoms with Crippen molar-refractivity contribution in [2.45, 2.75) is 17.2 Å². The van der Waals surface area contributed by atoms with Crippen molar-refractivity contribution in [1.29, 1.82) is 0 Å². The molecule has 1 aromatic heterocycles. The minimum atomic E-state index is -3.61. The van der Waals surface area contributed by atoms with E-state index in [1.807, 2.05) is 29.2 Å². The van der Waals surface area contributed by atoms with E-state index < -0.39 is 9.84 Å². The van der Waals surface area contributed by atoms with Crippen molar-refractivity contribution < 1.29 is 13.2 Å². The van der Waals surface area contributed by atoms with Gasteiger partial charge < -0.3 is 4.90 Å². The van der Waals surface area contributed by atoms with Crippen molar-refractivity contribution in [2.75, 3.05) is 26.2 Å². The van der Waals surface area contributed by atoms with E-state index in [4.69, 9.17) is 23.2 Å². The Kier molecular flexibility index (Phi) is 7.49.